The van der Waals surface area contributed by atoms with Gasteiger partial charge < -0.3 is 9.15 Å². The normalized spacial score (nSPS) is 11.6. The lowest BCUT2D eigenvalue weighted by atomic mass is 9.97. The quantitative estimate of drug-likeness (QED) is 0.533. The molecule has 5 heteroatoms. The van der Waals surface area contributed by atoms with Crippen LogP contribution in [0.1, 0.15) is 31.9 Å². The second-order valence-electron chi connectivity index (χ2n) is 7.67. The van der Waals surface area contributed by atoms with E-state index in [1.165, 1.54) is 0 Å². The third kappa shape index (κ3) is 3.76. The van der Waals surface area contributed by atoms with Crippen LogP contribution in [0.2, 0.25) is 5.02 Å². The van der Waals surface area contributed by atoms with E-state index < -0.39 is 11.4 Å². The number of ether oxygens (including phenoxy) is 1. The molecule has 0 N–H and O–H groups in total. The van der Waals surface area contributed by atoms with Crippen molar-refractivity contribution in [1.29, 1.82) is 0 Å². The van der Waals surface area contributed by atoms with Crippen LogP contribution in [0.4, 0.5) is 0 Å². The van der Waals surface area contributed by atoms with Crippen molar-refractivity contribution in [2.75, 3.05) is 0 Å². The largest absolute Gasteiger partial charge is 0.452 e. The van der Waals surface area contributed by atoms with Crippen molar-refractivity contribution < 1.29 is 13.9 Å². The lowest BCUT2D eigenvalue weighted by molar-refractivity contribution is -0.143. The highest BCUT2D eigenvalue weighted by atomic mass is 35.5. The highest BCUT2D eigenvalue weighted by Gasteiger charge is 2.28. The lowest BCUT2D eigenvalue weighted by Gasteiger charge is -2.18. The minimum Gasteiger partial charge on any atom is -0.452 e. The van der Waals surface area contributed by atoms with Crippen molar-refractivity contribution in [2.45, 2.75) is 34.6 Å². The molecule has 27 heavy (non-hydrogen) atoms. The molecule has 0 aliphatic rings. The second-order valence-corrected chi connectivity index (χ2v) is 8.10. The average molecular weight is 385 g/mol. The number of esters is 1. The SMILES string of the molecule is Cc1cc2oc(-c3ccc(Cl)cc3)c(OC(=O)C(C)(C)C)c(=O)c2cc1C. The van der Waals surface area contributed by atoms with E-state index >= 15 is 0 Å². The number of aryl methyl sites for hydroxylation is 2. The van der Waals surface area contributed by atoms with Gasteiger partial charge in [-0.15, -0.1) is 0 Å². The van der Waals surface area contributed by atoms with Crippen molar-refractivity contribution in [2.24, 2.45) is 5.41 Å². The van der Waals surface area contributed by atoms with E-state index in [4.69, 9.17) is 20.8 Å². The Morgan fingerprint density at radius 2 is 1.63 bits per heavy atom. The molecule has 1 heterocycles. The fraction of sp³-hybridized carbons (Fsp3) is 0.273. The number of hydrogen-bond donors (Lipinski definition) is 0. The molecular formula is C22H21ClO4. The third-order valence-corrected chi connectivity index (χ3v) is 4.63. The number of hydrogen-bond acceptors (Lipinski definition) is 4. The molecule has 3 rings (SSSR count). The van der Waals surface area contributed by atoms with Crippen LogP contribution in [0.15, 0.2) is 45.6 Å². The zero-order valence-corrected chi connectivity index (χ0v) is 16.7. The molecule has 0 amide bonds. The molecule has 1 aromatic heterocycles. The van der Waals surface area contributed by atoms with E-state index in [-0.39, 0.29) is 16.9 Å². The topological polar surface area (TPSA) is 56.5 Å². The average Bonchev–Trinajstić information content (AvgIpc) is 2.59. The number of rotatable bonds is 2. The van der Waals surface area contributed by atoms with Crippen molar-refractivity contribution in [3.8, 4) is 17.1 Å². The van der Waals surface area contributed by atoms with Gasteiger partial charge in [0.2, 0.25) is 11.2 Å². The van der Waals surface area contributed by atoms with Crippen LogP contribution in [-0.4, -0.2) is 5.97 Å². The van der Waals surface area contributed by atoms with E-state index in [1.807, 2.05) is 19.9 Å². The minimum atomic E-state index is -0.762. The molecule has 0 aliphatic heterocycles. The fourth-order valence-corrected chi connectivity index (χ4v) is 2.69. The Labute approximate surface area is 162 Å². The van der Waals surface area contributed by atoms with Crippen LogP contribution >= 0.6 is 11.6 Å². The monoisotopic (exact) mass is 384 g/mol. The standard InChI is InChI=1S/C22H21ClO4/c1-12-10-16-17(11-13(12)2)26-19(14-6-8-15(23)9-7-14)20(18(16)24)27-21(25)22(3,4)5/h6-11H,1-5H3. The maximum atomic E-state index is 13.2. The summed E-state index contributed by atoms with van der Waals surface area (Å²) in [6.45, 7) is 9.06. The molecule has 0 atom stereocenters. The van der Waals surface area contributed by atoms with Crippen LogP contribution in [0, 0.1) is 19.3 Å². The van der Waals surface area contributed by atoms with Gasteiger partial charge in [0.1, 0.15) is 5.58 Å². The van der Waals surface area contributed by atoms with Gasteiger partial charge in [-0.3, -0.25) is 9.59 Å². The van der Waals surface area contributed by atoms with Crippen molar-refractivity contribution >= 4 is 28.5 Å². The Bertz CT molecular complexity index is 1090. The van der Waals surface area contributed by atoms with Gasteiger partial charge in [-0.1, -0.05) is 11.6 Å². The molecule has 0 bridgehead atoms. The molecule has 4 nitrogen and oxygen atoms in total. The summed E-state index contributed by atoms with van der Waals surface area (Å²) < 4.78 is 11.6. The molecule has 0 radical (unpaired) electrons. The highest BCUT2D eigenvalue weighted by Crippen LogP contribution is 2.33. The zero-order valence-electron chi connectivity index (χ0n) is 16.0. The van der Waals surface area contributed by atoms with Crippen molar-refractivity contribution in [1.82, 2.24) is 0 Å². The molecular weight excluding hydrogens is 364 g/mol. The maximum Gasteiger partial charge on any atom is 0.316 e. The molecule has 2 aromatic carbocycles. The molecule has 0 aliphatic carbocycles. The third-order valence-electron chi connectivity index (χ3n) is 4.38. The Balaban J connectivity index is 2.31. The highest BCUT2D eigenvalue weighted by molar-refractivity contribution is 6.30. The van der Waals surface area contributed by atoms with Gasteiger partial charge in [0.15, 0.2) is 5.76 Å². The van der Waals surface area contributed by atoms with Crippen LogP contribution in [0.5, 0.6) is 5.75 Å². The summed E-state index contributed by atoms with van der Waals surface area (Å²) in [6.07, 6.45) is 0. The van der Waals surface area contributed by atoms with Gasteiger partial charge in [0, 0.05) is 10.6 Å². The Kier molecular flexibility index (Phi) is 4.87. The summed E-state index contributed by atoms with van der Waals surface area (Å²) >= 11 is 5.97. The first-order valence-corrected chi connectivity index (χ1v) is 9.02. The smallest absolute Gasteiger partial charge is 0.316 e. The molecule has 0 saturated carbocycles. The van der Waals surface area contributed by atoms with Crippen LogP contribution in [-0.2, 0) is 4.79 Å². The summed E-state index contributed by atoms with van der Waals surface area (Å²) in [5.41, 5.74) is 1.88. The first-order chi connectivity index (χ1) is 12.6. The summed E-state index contributed by atoms with van der Waals surface area (Å²) in [4.78, 5) is 25.6. The molecule has 140 valence electrons. The Morgan fingerprint density at radius 1 is 1.04 bits per heavy atom. The van der Waals surface area contributed by atoms with Gasteiger partial charge >= 0.3 is 5.97 Å². The number of fused-ring (bicyclic) bond motifs is 1. The number of carbonyl (C=O) groups excluding carboxylic acids is 1. The number of benzene rings is 2. The molecule has 0 unspecified atom stereocenters. The van der Waals surface area contributed by atoms with Gasteiger partial charge in [0.25, 0.3) is 0 Å². The summed E-state index contributed by atoms with van der Waals surface area (Å²) in [5, 5.41) is 0.939. The second kappa shape index (κ2) is 6.86. The molecule has 0 saturated heterocycles. The summed E-state index contributed by atoms with van der Waals surface area (Å²) in [7, 11) is 0. The Hall–Kier alpha value is -2.59. The summed E-state index contributed by atoms with van der Waals surface area (Å²) in [5.74, 6) is -0.397. The Morgan fingerprint density at radius 3 is 2.22 bits per heavy atom. The molecule has 3 aromatic rings. The first-order valence-electron chi connectivity index (χ1n) is 8.64. The van der Waals surface area contributed by atoms with E-state index in [9.17, 15) is 9.59 Å². The van der Waals surface area contributed by atoms with E-state index in [1.54, 1.807) is 51.1 Å². The van der Waals surface area contributed by atoms with Gasteiger partial charge in [0.05, 0.1) is 10.8 Å². The van der Waals surface area contributed by atoms with E-state index in [0.29, 0.717) is 21.6 Å². The van der Waals surface area contributed by atoms with Crippen LogP contribution in [0.25, 0.3) is 22.3 Å². The van der Waals surface area contributed by atoms with E-state index in [0.717, 1.165) is 11.1 Å². The fourth-order valence-electron chi connectivity index (χ4n) is 2.56. The van der Waals surface area contributed by atoms with Gasteiger partial charge in [-0.2, -0.15) is 0 Å². The van der Waals surface area contributed by atoms with Gasteiger partial charge in [-0.25, -0.2) is 0 Å². The summed E-state index contributed by atoms with van der Waals surface area (Å²) in [6, 6.07) is 10.4. The first kappa shape index (κ1) is 19.2. The molecule has 0 spiro atoms. The zero-order chi connectivity index (χ0) is 19.9. The predicted octanol–water partition coefficient (Wildman–Crippen LogP) is 5.68. The van der Waals surface area contributed by atoms with Crippen LogP contribution < -0.4 is 10.2 Å². The van der Waals surface area contributed by atoms with Gasteiger partial charge in [-0.05, 0) is 82.1 Å². The van der Waals surface area contributed by atoms with E-state index in [2.05, 4.69) is 0 Å². The number of halogens is 1. The lowest BCUT2D eigenvalue weighted by Crippen LogP contribution is -2.28. The maximum absolute atomic E-state index is 13.2. The number of carbonyl (C=O) groups is 1. The van der Waals surface area contributed by atoms with Crippen molar-refractivity contribution in [3.05, 3.63) is 62.8 Å². The van der Waals surface area contributed by atoms with Crippen molar-refractivity contribution in [3.63, 3.8) is 0 Å². The predicted molar refractivity (Wildman–Crippen MR) is 107 cm³/mol. The van der Waals surface area contributed by atoms with Crippen LogP contribution in [0.3, 0.4) is 0 Å². The minimum absolute atomic E-state index is 0.104. The molecule has 0 fully saturated rings.